The molecule has 2 atom stereocenters. The lowest BCUT2D eigenvalue weighted by atomic mass is 9.71. The molecule has 3 rings (SSSR count). The molecule has 2 saturated carbocycles. The van der Waals surface area contributed by atoms with Crippen LogP contribution in [0.4, 0.5) is 0 Å². The van der Waals surface area contributed by atoms with Gasteiger partial charge in [-0.25, -0.2) is 0 Å². The monoisotopic (exact) mass is 291 g/mol. The Hall–Kier alpha value is -0.340. The zero-order valence-corrected chi connectivity index (χ0v) is 13.5. The smallest absolute Gasteiger partial charge is 0.00981 e. The molecule has 0 amide bonds. The summed E-state index contributed by atoms with van der Waals surface area (Å²) < 4.78 is 0. The minimum Gasteiger partial charge on any atom is -0.313 e. The summed E-state index contributed by atoms with van der Waals surface area (Å²) >= 11 is 1.90. The Labute approximate surface area is 128 Å². The quantitative estimate of drug-likeness (QED) is 0.803. The van der Waals surface area contributed by atoms with Gasteiger partial charge in [0.05, 0.1) is 0 Å². The van der Waals surface area contributed by atoms with E-state index in [-0.39, 0.29) is 0 Å². The van der Waals surface area contributed by atoms with Gasteiger partial charge >= 0.3 is 0 Å². The lowest BCUT2D eigenvalue weighted by Crippen LogP contribution is -2.43. The van der Waals surface area contributed by atoms with Gasteiger partial charge in [0.2, 0.25) is 0 Å². The normalized spacial score (nSPS) is 28.6. The van der Waals surface area contributed by atoms with Gasteiger partial charge in [0.25, 0.3) is 0 Å². The summed E-state index contributed by atoms with van der Waals surface area (Å²) in [5, 5.41) is 6.11. The summed E-state index contributed by atoms with van der Waals surface area (Å²) in [5.74, 6) is 2.01. The topological polar surface area (TPSA) is 12.0 Å². The van der Waals surface area contributed by atoms with Crippen LogP contribution < -0.4 is 5.32 Å². The van der Waals surface area contributed by atoms with Gasteiger partial charge < -0.3 is 5.32 Å². The van der Waals surface area contributed by atoms with E-state index in [1.54, 1.807) is 0 Å². The highest BCUT2D eigenvalue weighted by atomic mass is 32.1. The molecular weight excluding hydrogens is 262 g/mol. The molecule has 2 fully saturated rings. The first kappa shape index (κ1) is 14.6. The number of thiophene rings is 1. The molecule has 1 nitrogen and oxygen atoms in total. The van der Waals surface area contributed by atoms with Crippen LogP contribution in [0, 0.1) is 11.8 Å². The minimum atomic E-state index is 0.812. The van der Waals surface area contributed by atoms with E-state index < -0.39 is 0 Å². The number of nitrogens with one attached hydrogen (secondary N) is 1. The first-order valence-electron chi connectivity index (χ1n) is 8.69. The third-order valence-corrected chi connectivity index (χ3v) is 6.37. The molecule has 0 spiro atoms. The Kier molecular flexibility index (Phi) is 5.55. The second-order valence-corrected chi connectivity index (χ2v) is 7.77. The molecule has 1 N–H and O–H groups in total. The van der Waals surface area contributed by atoms with Gasteiger partial charge in [-0.2, -0.15) is 0 Å². The third kappa shape index (κ3) is 3.85. The van der Waals surface area contributed by atoms with E-state index in [2.05, 4.69) is 22.8 Å². The van der Waals surface area contributed by atoms with Crippen molar-refractivity contribution in [2.24, 2.45) is 11.8 Å². The average molecular weight is 292 g/mol. The van der Waals surface area contributed by atoms with Crippen molar-refractivity contribution in [1.29, 1.82) is 0 Å². The molecule has 2 heteroatoms. The highest BCUT2D eigenvalue weighted by Crippen LogP contribution is 2.38. The lowest BCUT2D eigenvalue weighted by Gasteiger charge is -2.39. The van der Waals surface area contributed by atoms with Crippen molar-refractivity contribution in [1.82, 2.24) is 5.32 Å². The van der Waals surface area contributed by atoms with Crippen molar-refractivity contribution in [3.8, 4) is 0 Å². The van der Waals surface area contributed by atoms with E-state index >= 15 is 0 Å². The van der Waals surface area contributed by atoms with Crippen molar-refractivity contribution in [3.05, 3.63) is 22.4 Å². The second-order valence-electron chi connectivity index (χ2n) is 6.74. The van der Waals surface area contributed by atoms with Crippen LogP contribution >= 0.6 is 11.3 Å². The van der Waals surface area contributed by atoms with Crippen LogP contribution in [-0.2, 0) is 6.42 Å². The predicted octanol–water partition coefficient (Wildman–Crippen LogP) is 5.02. The van der Waals surface area contributed by atoms with Gasteiger partial charge in [-0.05, 0) is 42.5 Å². The number of hydrogen-bond donors (Lipinski definition) is 1. The summed E-state index contributed by atoms with van der Waals surface area (Å²) in [7, 11) is 0. The van der Waals surface area contributed by atoms with Crippen LogP contribution in [0.1, 0.15) is 62.7 Å². The zero-order chi connectivity index (χ0) is 13.6. The van der Waals surface area contributed by atoms with E-state index in [4.69, 9.17) is 0 Å². The molecule has 2 aliphatic carbocycles. The van der Waals surface area contributed by atoms with Gasteiger partial charge in [-0.15, -0.1) is 11.3 Å². The molecular formula is C18H29NS. The Bertz CT molecular complexity index is 367. The Balaban J connectivity index is 1.49. The second kappa shape index (κ2) is 7.61. The van der Waals surface area contributed by atoms with Crippen molar-refractivity contribution in [3.63, 3.8) is 0 Å². The first-order valence-corrected chi connectivity index (χ1v) is 9.57. The lowest BCUT2D eigenvalue weighted by molar-refractivity contribution is 0.150. The standard InChI is InChI=1S/C18H29NS/c1-2-7-15(8-3-1)17-10-4-5-11-18(17)19-13-12-16-9-6-14-20-16/h6,9,14-15,17-19H,1-5,7-8,10-13H2. The van der Waals surface area contributed by atoms with Crippen LogP contribution in [0.2, 0.25) is 0 Å². The largest absolute Gasteiger partial charge is 0.313 e. The van der Waals surface area contributed by atoms with E-state index in [9.17, 15) is 0 Å². The summed E-state index contributed by atoms with van der Waals surface area (Å²) in [6.45, 7) is 1.18. The van der Waals surface area contributed by atoms with Crippen molar-refractivity contribution < 1.29 is 0 Å². The fourth-order valence-corrected chi connectivity index (χ4v) is 5.08. The average Bonchev–Trinajstić information content (AvgIpc) is 3.02. The van der Waals surface area contributed by atoms with Gasteiger partial charge in [0.15, 0.2) is 0 Å². The molecule has 1 heterocycles. The van der Waals surface area contributed by atoms with Crippen LogP contribution in [0.5, 0.6) is 0 Å². The van der Waals surface area contributed by atoms with Crippen LogP contribution in [-0.4, -0.2) is 12.6 Å². The van der Waals surface area contributed by atoms with Crippen LogP contribution in [0.25, 0.3) is 0 Å². The minimum absolute atomic E-state index is 0.812. The molecule has 0 aliphatic heterocycles. The van der Waals surface area contributed by atoms with Gasteiger partial charge in [-0.1, -0.05) is 51.0 Å². The molecule has 1 aromatic heterocycles. The predicted molar refractivity (Wildman–Crippen MR) is 88.3 cm³/mol. The summed E-state index contributed by atoms with van der Waals surface area (Å²) in [6.07, 6.45) is 14.5. The molecule has 112 valence electrons. The Morgan fingerprint density at radius 1 is 1.00 bits per heavy atom. The number of rotatable bonds is 5. The zero-order valence-electron chi connectivity index (χ0n) is 12.7. The van der Waals surface area contributed by atoms with E-state index in [0.717, 1.165) is 17.9 Å². The molecule has 2 unspecified atom stereocenters. The summed E-state index contributed by atoms with van der Waals surface area (Å²) in [4.78, 5) is 1.53. The SMILES string of the molecule is c1csc(CCNC2CCCCC2C2CCCCC2)c1. The molecule has 2 aliphatic rings. The van der Waals surface area contributed by atoms with E-state index in [1.165, 1.54) is 75.6 Å². The van der Waals surface area contributed by atoms with Gasteiger partial charge in [0, 0.05) is 17.5 Å². The molecule has 20 heavy (non-hydrogen) atoms. The fraction of sp³-hybridized carbons (Fsp3) is 0.778. The Morgan fingerprint density at radius 3 is 2.60 bits per heavy atom. The van der Waals surface area contributed by atoms with Crippen LogP contribution in [0.15, 0.2) is 17.5 Å². The molecule has 0 aromatic carbocycles. The molecule has 0 saturated heterocycles. The van der Waals surface area contributed by atoms with Gasteiger partial charge in [-0.3, -0.25) is 0 Å². The fourth-order valence-electron chi connectivity index (χ4n) is 4.38. The maximum atomic E-state index is 3.91. The van der Waals surface area contributed by atoms with E-state index in [0.29, 0.717) is 0 Å². The van der Waals surface area contributed by atoms with Crippen molar-refractivity contribution >= 4 is 11.3 Å². The first-order chi connectivity index (χ1) is 9.93. The van der Waals surface area contributed by atoms with Crippen LogP contribution in [0.3, 0.4) is 0 Å². The van der Waals surface area contributed by atoms with E-state index in [1.807, 2.05) is 11.3 Å². The maximum absolute atomic E-state index is 3.91. The van der Waals surface area contributed by atoms with Crippen molar-refractivity contribution in [2.75, 3.05) is 6.54 Å². The number of hydrogen-bond acceptors (Lipinski definition) is 2. The van der Waals surface area contributed by atoms with Crippen molar-refractivity contribution in [2.45, 2.75) is 70.3 Å². The van der Waals surface area contributed by atoms with Gasteiger partial charge in [0.1, 0.15) is 0 Å². The molecule has 0 bridgehead atoms. The highest BCUT2D eigenvalue weighted by molar-refractivity contribution is 7.09. The highest BCUT2D eigenvalue weighted by Gasteiger charge is 2.31. The summed E-state index contributed by atoms with van der Waals surface area (Å²) in [6, 6.07) is 5.25. The Morgan fingerprint density at radius 2 is 1.80 bits per heavy atom. The maximum Gasteiger partial charge on any atom is 0.00981 e. The molecule has 1 aromatic rings. The summed E-state index contributed by atoms with van der Waals surface area (Å²) in [5.41, 5.74) is 0. The molecule has 0 radical (unpaired) electrons. The third-order valence-electron chi connectivity index (χ3n) is 5.43.